The molecule has 3 aliphatic heterocycles. The Hall–Kier alpha value is -6.24. The number of amides is 5. The van der Waals surface area contributed by atoms with E-state index in [0.29, 0.717) is 57.8 Å². The number of carboxylic acids is 2. The molecule has 2 aromatic carbocycles. The van der Waals surface area contributed by atoms with Crippen molar-refractivity contribution in [1.29, 1.82) is 5.41 Å². The molecule has 0 aromatic heterocycles. The van der Waals surface area contributed by atoms with Crippen LogP contribution in [0.2, 0.25) is 0 Å². The maximum atomic E-state index is 13.3. The molecule has 1 aliphatic carbocycles. The molecule has 28 heteroatoms. The third-order valence-corrected chi connectivity index (χ3v) is 16.6. The number of urea groups is 1. The van der Waals surface area contributed by atoms with Gasteiger partial charge in [-0.2, -0.15) is 28.6 Å². The molecule has 25 nitrogen and oxygen atoms in total. The van der Waals surface area contributed by atoms with Crippen molar-refractivity contribution in [1.82, 2.24) is 26.2 Å². The quantitative estimate of drug-likeness (QED) is 0.0142. The molecule has 432 valence electrons. The van der Waals surface area contributed by atoms with Gasteiger partial charge in [0.05, 0.1) is 75.9 Å². The number of hydrogen-bond acceptors (Lipinski definition) is 17. The summed E-state index contributed by atoms with van der Waals surface area (Å²) in [6.07, 6.45) is 3.55. The number of thioether (sulfide) groups is 1. The zero-order chi connectivity index (χ0) is 57.4. The maximum absolute atomic E-state index is 13.3. The normalized spacial score (nSPS) is 16.7. The number of carbonyl (C=O) groups is 6. The third kappa shape index (κ3) is 16.7. The SMILES string of the molecule is CCN1C(=O)N[C@H]2CS[C@@H](CCCCC(=O)NCCOCCOCCOCCOCCC(=O)N[C@@H](CCCCNC(=O)c3ccc(-c4c5ccc(=N)c(S(=O)(=O)O)c-5oc5c(S(=O)(=O)O)c(C)ccc45)c(C(=O)O)c3)C(=O)O)[C@H]21. The van der Waals surface area contributed by atoms with E-state index in [-0.39, 0.29) is 109 Å². The number of benzene rings is 3. The van der Waals surface area contributed by atoms with Crippen molar-refractivity contribution in [3.63, 3.8) is 0 Å². The fourth-order valence-electron chi connectivity index (χ4n) is 9.44. The first kappa shape index (κ1) is 62.0. The molecule has 2 aromatic rings. The fourth-order valence-corrected chi connectivity index (χ4v) is 12.6. The number of nitrogens with one attached hydrogen (secondary N) is 5. The van der Waals surface area contributed by atoms with Gasteiger partial charge in [-0.3, -0.25) is 28.9 Å². The second-order valence-electron chi connectivity index (χ2n) is 18.6. The predicted molar refractivity (Wildman–Crippen MR) is 285 cm³/mol. The van der Waals surface area contributed by atoms with Crippen LogP contribution >= 0.6 is 11.8 Å². The van der Waals surface area contributed by atoms with Crippen LogP contribution in [-0.2, 0) is 53.6 Å². The lowest BCUT2D eigenvalue weighted by Crippen LogP contribution is -2.41. The number of likely N-dealkylation sites (N-methyl/N-ethyl adjacent to an activating group) is 1. The van der Waals surface area contributed by atoms with E-state index in [0.717, 1.165) is 37.1 Å². The molecule has 0 radical (unpaired) electrons. The highest BCUT2D eigenvalue weighted by Crippen LogP contribution is 2.45. The van der Waals surface area contributed by atoms with Crippen molar-refractivity contribution in [3.8, 4) is 22.5 Å². The summed E-state index contributed by atoms with van der Waals surface area (Å²) in [6, 6.07) is 7.60. The molecule has 5 amide bonds. The van der Waals surface area contributed by atoms with Crippen LogP contribution in [0.15, 0.2) is 56.7 Å². The van der Waals surface area contributed by atoms with Gasteiger partial charge in [0.1, 0.15) is 10.9 Å². The number of ether oxygens (including phenoxy) is 4. The predicted octanol–water partition coefficient (Wildman–Crippen LogP) is 3.68. The number of nitrogens with zero attached hydrogens (tertiary/aromatic N) is 1. The lowest BCUT2D eigenvalue weighted by Gasteiger charge is -2.26. The molecule has 0 bridgehead atoms. The summed E-state index contributed by atoms with van der Waals surface area (Å²) in [7, 11) is -10.3. The lowest BCUT2D eigenvalue weighted by atomic mass is 9.89. The minimum atomic E-state index is -5.21. The second kappa shape index (κ2) is 28.8. The van der Waals surface area contributed by atoms with Crippen LogP contribution in [0.5, 0.6) is 0 Å². The molecular weight excluding hydrogens is 1100 g/mol. The highest BCUT2D eigenvalue weighted by Gasteiger charge is 2.47. The van der Waals surface area contributed by atoms with Gasteiger partial charge in [0.2, 0.25) is 11.8 Å². The van der Waals surface area contributed by atoms with E-state index in [1.807, 2.05) is 23.6 Å². The van der Waals surface area contributed by atoms with Crippen molar-refractivity contribution in [2.24, 2.45) is 0 Å². The molecule has 4 aliphatic rings. The van der Waals surface area contributed by atoms with E-state index < -0.39 is 82.1 Å². The van der Waals surface area contributed by atoms with Gasteiger partial charge in [0, 0.05) is 65.6 Å². The van der Waals surface area contributed by atoms with E-state index in [9.17, 15) is 64.9 Å². The monoisotopic (exact) mass is 1160 g/mol. The average molecular weight is 1160 g/mol. The summed E-state index contributed by atoms with van der Waals surface area (Å²) in [5.74, 6) is -3.89. The topological polar surface area (TPSA) is 377 Å². The van der Waals surface area contributed by atoms with Crippen LogP contribution in [0.3, 0.4) is 0 Å². The number of fused-ring (bicyclic) bond motifs is 3. The van der Waals surface area contributed by atoms with Crippen LogP contribution in [0.25, 0.3) is 33.4 Å². The molecular formula is C51H66N6O19S3. The minimum Gasteiger partial charge on any atom is -0.480 e. The third-order valence-electron chi connectivity index (χ3n) is 13.2. The first-order valence-corrected chi connectivity index (χ1v) is 29.5. The summed E-state index contributed by atoms with van der Waals surface area (Å²) in [5, 5.41) is 38.8. The van der Waals surface area contributed by atoms with E-state index in [1.165, 1.54) is 37.3 Å². The average Bonchev–Trinajstić information content (AvgIpc) is 4.10. The Morgan fingerprint density at radius 2 is 1.46 bits per heavy atom. The van der Waals surface area contributed by atoms with Crippen LogP contribution < -0.4 is 26.6 Å². The number of rotatable bonds is 33. The summed E-state index contributed by atoms with van der Waals surface area (Å²) in [4.78, 5) is 74.9. The second-order valence-corrected chi connectivity index (χ2v) is 22.6. The Morgan fingerprint density at radius 3 is 2.10 bits per heavy atom. The Morgan fingerprint density at radius 1 is 0.797 bits per heavy atom. The Balaban J connectivity index is 0.835. The molecule has 3 heterocycles. The number of carbonyl (C=O) groups excluding carboxylic acids is 4. The van der Waals surface area contributed by atoms with Crippen LogP contribution in [0.4, 0.5) is 4.79 Å². The summed E-state index contributed by atoms with van der Waals surface area (Å²) in [5.41, 5.74) is -1.72. The number of unbranched alkanes of at least 4 members (excludes halogenated alkanes) is 2. The zero-order valence-corrected chi connectivity index (χ0v) is 46.0. The number of aromatic carboxylic acids is 1. The molecule has 2 saturated heterocycles. The molecule has 79 heavy (non-hydrogen) atoms. The molecule has 4 atom stereocenters. The van der Waals surface area contributed by atoms with Crippen molar-refractivity contribution >= 4 is 78.7 Å². The number of aliphatic carboxylic acids is 1. The molecule has 6 rings (SSSR count). The van der Waals surface area contributed by atoms with Gasteiger partial charge >= 0.3 is 18.0 Å². The molecule has 0 unspecified atom stereocenters. The van der Waals surface area contributed by atoms with Crippen LogP contribution in [0, 0.1) is 12.3 Å². The van der Waals surface area contributed by atoms with E-state index in [2.05, 4.69) is 21.3 Å². The van der Waals surface area contributed by atoms with Crippen LogP contribution in [0.1, 0.15) is 84.6 Å². The standard InChI is InChI=1S/C51H66N6O19S3/c1-3-57-43-38(56-51(57)65)29-77-39(43)9-4-5-10-40(58)53-19-21-73-23-25-75-27-26-74-24-22-72-20-17-41(59)55-37(50(63)64)8-6-7-18-54-48(60)31-12-14-32(35(28-31)49(61)62)42-33-13-11-30(2)46(78(66,67)68)44(33)76-45-34(42)15-16-36(52)47(45)79(69,70)71/h11-16,28,37-39,43,52H,3-10,17-27,29H2,1-2H3,(H,53,58)(H,54,60)(H,55,59)(H,56,65)(H,61,62)(H,63,64)(H,66,67,68)(H,69,70,71)/t37-,38-,39-,43-/m0/s1. The summed E-state index contributed by atoms with van der Waals surface area (Å²) in [6.45, 7) is 6.51. The van der Waals surface area contributed by atoms with Crippen molar-refractivity contribution < 1.29 is 88.3 Å². The van der Waals surface area contributed by atoms with Crippen molar-refractivity contribution in [3.05, 3.63) is 64.5 Å². The van der Waals surface area contributed by atoms with E-state index in [4.69, 9.17) is 28.8 Å². The smallest absolute Gasteiger partial charge is 0.336 e. The minimum absolute atomic E-state index is 0.0118. The summed E-state index contributed by atoms with van der Waals surface area (Å²) >= 11 is 1.90. The van der Waals surface area contributed by atoms with Gasteiger partial charge in [0.15, 0.2) is 16.2 Å². The number of hydrogen-bond donors (Lipinski definition) is 9. The maximum Gasteiger partial charge on any atom is 0.336 e. The molecule has 0 spiro atoms. The summed E-state index contributed by atoms with van der Waals surface area (Å²) < 4.78 is 98.1. The first-order valence-electron chi connectivity index (χ1n) is 25.6. The number of aryl methyl sites for hydroxylation is 1. The highest BCUT2D eigenvalue weighted by atomic mass is 32.2. The van der Waals surface area contributed by atoms with Crippen molar-refractivity contribution in [2.45, 2.75) is 98.4 Å². The van der Waals surface area contributed by atoms with Gasteiger partial charge in [-0.15, -0.1) is 0 Å². The van der Waals surface area contributed by atoms with Gasteiger partial charge in [0.25, 0.3) is 26.1 Å². The Bertz CT molecular complexity index is 3120. The van der Waals surface area contributed by atoms with E-state index in [1.54, 1.807) is 0 Å². The largest absolute Gasteiger partial charge is 0.480 e. The van der Waals surface area contributed by atoms with E-state index >= 15 is 0 Å². The van der Waals surface area contributed by atoms with Gasteiger partial charge in [-0.1, -0.05) is 24.6 Å². The molecule has 0 saturated carbocycles. The van der Waals surface area contributed by atoms with Gasteiger partial charge < -0.3 is 59.7 Å². The van der Waals surface area contributed by atoms with Crippen LogP contribution in [-0.4, -0.2) is 178 Å². The van der Waals surface area contributed by atoms with Crippen molar-refractivity contribution in [2.75, 3.05) is 78.2 Å². The Labute approximate surface area is 460 Å². The Kier molecular flexibility index (Phi) is 22.6. The molecule has 2 fully saturated rings. The number of carboxylic acid groups (broad SMARTS) is 2. The molecule has 9 N–H and O–H groups in total. The highest BCUT2D eigenvalue weighted by molar-refractivity contribution is 8.00. The zero-order valence-electron chi connectivity index (χ0n) is 43.6. The lowest BCUT2D eigenvalue weighted by molar-refractivity contribution is -0.142. The van der Waals surface area contributed by atoms with Gasteiger partial charge in [-0.05, 0) is 81.3 Å². The fraction of sp³-hybridized carbons (Fsp3) is 0.510. The first-order chi connectivity index (χ1) is 37.6. The van der Waals surface area contributed by atoms with Gasteiger partial charge in [-0.25, -0.2) is 14.4 Å².